The summed E-state index contributed by atoms with van der Waals surface area (Å²) in [6.45, 7) is 2.22. The van der Waals surface area contributed by atoms with Crippen LogP contribution < -0.4 is 5.32 Å². The predicted octanol–water partition coefficient (Wildman–Crippen LogP) is 0.181. The summed E-state index contributed by atoms with van der Waals surface area (Å²) >= 11 is 1.47. The Morgan fingerprint density at radius 3 is 2.95 bits per heavy atom. The Balaban J connectivity index is 1.93. The molecule has 104 valence electrons. The van der Waals surface area contributed by atoms with E-state index in [9.17, 15) is 14.7 Å². The van der Waals surface area contributed by atoms with Crippen molar-refractivity contribution in [2.75, 3.05) is 6.54 Å². The molecule has 0 aromatic carbocycles. The van der Waals surface area contributed by atoms with Gasteiger partial charge in [0.25, 0.3) is 0 Å². The summed E-state index contributed by atoms with van der Waals surface area (Å²) in [7, 11) is 0. The molecule has 2 atom stereocenters. The molecular weight excluding hydrogens is 270 g/mol. The first-order chi connectivity index (χ1) is 8.97. The Hall–Kier alpha value is -1.67. The molecule has 1 aliphatic heterocycles. The van der Waals surface area contributed by atoms with Crippen molar-refractivity contribution >= 4 is 23.3 Å². The fraction of sp³-hybridized carbons (Fsp3) is 0.545. The molecule has 0 aliphatic carbocycles. The second-order valence-corrected chi connectivity index (χ2v) is 5.72. The van der Waals surface area contributed by atoms with Crippen LogP contribution >= 0.6 is 11.3 Å². The van der Waals surface area contributed by atoms with E-state index >= 15 is 0 Å². The maximum atomic E-state index is 11.9. The number of aromatic nitrogens is 1. The molecule has 0 saturated carbocycles. The molecule has 1 aromatic rings. The lowest BCUT2D eigenvalue weighted by molar-refractivity contribution is -0.141. The standard InChI is InChI=1S/C11H15N3O4S/c1-6-12-3-8(19-6)4-13-11(18)14-5-7(15)2-9(14)10(16)17/h3,7,9,15H,2,4-5H2,1H3,(H,13,18)(H,16,17). The van der Waals surface area contributed by atoms with Gasteiger partial charge in [-0.25, -0.2) is 14.6 Å². The van der Waals surface area contributed by atoms with Crippen LogP contribution in [0.4, 0.5) is 4.79 Å². The Bertz CT molecular complexity index is 490. The van der Waals surface area contributed by atoms with E-state index < -0.39 is 24.1 Å². The molecule has 8 heteroatoms. The summed E-state index contributed by atoms with van der Waals surface area (Å²) in [5.74, 6) is -1.10. The molecule has 1 fully saturated rings. The lowest BCUT2D eigenvalue weighted by Crippen LogP contribution is -2.45. The number of nitrogens with zero attached hydrogens (tertiary/aromatic N) is 2. The molecule has 0 bridgehead atoms. The van der Waals surface area contributed by atoms with Gasteiger partial charge in [-0.05, 0) is 6.92 Å². The third kappa shape index (κ3) is 3.21. The van der Waals surface area contributed by atoms with E-state index in [1.54, 1.807) is 6.20 Å². The fourth-order valence-electron chi connectivity index (χ4n) is 2.02. The second-order valence-electron chi connectivity index (χ2n) is 4.40. The normalized spacial score (nSPS) is 22.5. The second kappa shape index (κ2) is 5.54. The SMILES string of the molecule is Cc1ncc(CNC(=O)N2CC(O)CC2C(=O)O)s1. The van der Waals surface area contributed by atoms with E-state index in [-0.39, 0.29) is 13.0 Å². The van der Waals surface area contributed by atoms with E-state index in [2.05, 4.69) is 10.3 Å². The van der Waals surface area contributed by atoms with Gasteiger partial charge < -0.3 is 20.4 Å². The van der Waals surface area contributed by atoms with Gasteiger partial charge in [-0.15, -0.1) is 11.3 Å². The summed E-state index contributed by atoms with van der Waals surface area (Å²) in [5, 5.41) is 22.0. The number of amides is 2. The Labute approximate surface area is 113 Å². The van der Waals surface area contributed by atoms with Gasteiger partial charge in [0, 0.05) is 24.0 Å². The largest absolute Gasteiger partial charge is 0.480 e. The maximum Gasteiger partial charge on any atom is 0.326 e. The zero-order chi connectivity index (χ0) is 14.0. The van der Waals surface area contributed by atoms with Crippen molar-refractivity contribution in [1.29, 1.82) is 0 Å². The van der Waals surface area contributed by atoms with E-state index in [0.29, 0.717) is 6.54 Å². The number of carbonyl (C=O) groups is 2. The molecule has 2 rings (SSSR count). The topological polar surface area (TPSA) is 103 Å². The summed E-state index contributed by atoms with van der Waals surface area (Å²) in [4.78, 5) is 29.0. The van der Waals surface area contributed by atoms with Crippen LogP contribution in [0.2, 0.25) is 0 Å². The number of aryl methyl sites for hydroxylation is 1. The van der Waals surface area contributed by atoms with Crippen LogP contribution in [0.3, 0.4) is 0 Å². The summed E-state index contributed by atoms with van der Waals surface area (Å²) in [5.41, 5.74) is 0. The average Bonchev–Trinajstić information content (AvgIpc) is 2.92. The van der Waals surface area contributed by atoms with Gasteiger partial charge in [-0.3, -0.25) is 0 Å². The van der Waals surface area contributed by atoms with Crippen LogP contribution in [0.5, 0.6) is 0 Å². The monoisotopic (exact) mass is 285 g/mol. The first-order valence-electron chi connectivity index (χ1n) is 5.84. The van der Waals surface area contributed by atoms with Crippen molar-refractivity contribution in [2.24, 2.45) is 0 Å². The lowest BCUT2D eigenvalue weighted by Gasteiger charge is -2.21. The molecule has 3 N–H and O–H groups in total. The zero-order valence-corrected chi connectivity index (χ0v) is 11.2. The van der Waals surface area contributed by atoms with Crippen LogP contribution in [0.1, 0.15) is 16.3 Å². The van der Waals surface area contributed by atoms with E-state index in [4.69, 9.17) is 5.11 Å². The number of carboxylic acid groups (broad SMARTS) is 1. The summed E-state index contributed by atoms with van der Waals surface area (Å²) in [6.07, 6.45) is 0.966. The highest BCUT2D eigenvalue weighted by Crippen LogP contribution is 2.18. The third-order valence-electron chi connectivity index (χ3n) is 2.91. The highest BCUT2D eigenvalue weighted by Gasteiger charge is 2.38. The quantitative estimate of drug-likeness (QED) is 0.735. The van der Waals surface area contributed by atoms with Crippen LogP contribution in [0.15, 0.2) is 6.20 Å². The van der Waals surface area contributed by atoms with Gasteiger partial charge in [0.05, 0.1) is 17.7 Å². The number of likely N-dealkylation sites (tertiary alicyclic amines) is 1. The van der Waals surface area contributed by atoms with Gasteiger partial charge >= 0.3 is 12.0 Å². The van der Waals surface area contributed by atoms with Crippen molar-refractivity contribution in [3.8, 4) is 0 Å². The number of nitrogens with one attached hydrogen (secondary N) is 1. The number of hydrogen-bond acceptors (Lipinski definition) is 5. The minimum absolute atomic E-state index is 0.0461. The number of urea groups is 1. The molecule has 2 unspecified atom stereocenters. The lowest BCUT2D eigenvalue weighted by atomic mass is 10.2. The molecular formula is C11H15N3O4S. The summed E-state index contributed by atoms with van der Waals surface area (Å²) < 4.78 is 0. The third-order valence-corrected chi connectivity index (χ3v) is 3.82. The highest BCUT2D eigenvalue weighted by molar-refractivity contribution is 7.11. The number of aliphatic hydroxyl groups is 1. The van der Waals surface area contributed by atoms with Crippen molar-refractivity contribution in [3.63, 3.8) is 0 Å². The summed E-state index contributed by atoms with van der Waals surface area (Å²) in [6, 6.07) is -1.44. The van der Waals surface area contributed by atoms with Crippen molar-refractivity contribution in [2.45, 2.75) is 32.0 Å². The van der Waals surface area contributed by atoms with Crippen molar-refractivity contribution < 1.29 is 19.8 Å². The van der Waals surface area contributed by atoms with Crippen molar-refractivity contribution in [1.82, 2.24) is 15.2 Å². The minimum Gasteiger partial charge on any atom is -0.480 e. The van der Waals surface area contributed by atoms with Crippen LogP contribution in [-0.2, 0) is 11.3 Å². The molecule has 0 radical (unpaired) electrons. The molecule has 7 nitrogen and oxygen atoms in total. The first-order valence-corrected chi connectivity index (χ1v) is 6.65. The van der Waals surface area contributed by atoms with Gasteiger partial charge in [0.15, 0.2) is 0 Å². The average molecular weight is 285 g/mol. The Kier molecular flexibility index (Phi) is 4.01. The van der Waals surface area contributed by atoms with Crippen molar-refractivity contribution in [3.05, 3.63) is 16.1 Å². The predicted molar refractivity (Wildman–Crippen MR) is 67.8 cm³/mol. The van der Waals surface area contributed by atoms with Crippen LogP contribution in [-0.4, -0.2) is 50.8 Å². The van der Waals surface area contributed by atoms with Gasteiger partial charge in [0.1, 0.15) is 6.04 Å². The molecule has 1 saturated heterocycles. The van der Waals surface area contributed by atoms with Gasteiger partial charge in [-0.2, -0.15) is 0 Å². The number of rotatable bonds is 3. The van der Waals surface area contributed by atoms with Crippen LogP contribution in [0, 0.1) is 6.92 Å². The molecule has 2 heterocycles. The maximum absolute atomic E-state index is 11.9. The zero-order valence-electron chi connectivity index (χ0n) is 10.4. The van der Waals surface area contributed by atoms with Gasteiger partial charge in [-0.1, -0.05) is 0 Å². The highest BCUT2D eigenvalue weighted by atomic mass is 32.1. The number of aliphatic carboxylic acids is 1. The Morgan fingerprint density at radius 2 is 2.37 bits per heavy atom. The number of carbonyl (C=O) groups excluding carboxylic acids is 1. The number of aliphatic hydroxyl groups excluding tert-OH is 1. The molecule has 0 spiro atoms. The molecule has 19 heavy (non-hydrogen) atoms. The van der Waals surface area contributed by atoms with Crippen LogP contribution in [0.25, 0.3) is 0 Å². The number of carboxylic acids is 1. The minimum atomic E-state index is -1.10. The molecule has 1 aromatic heterocycles. The smallest absolute Gasteiger partial charge is 0.326 e. The molecule has 2 amide bonds. The van der Waals surface area contributed by atoms with E-state index in [0.717, 1.165) is 14.8 Å². The van der Waals surface area contributed by atoms with E-state index in [1.807, 2.05) is 6.92 Å². The Morgan fingerprint density at radius 1 is 1.63 bits per heavy atom. The number of hydrogen-bond donors (Lipinski definition) is 3. The number of thiazole rings is 1. The van der Waals surface area contributed by atoms with E-state index in [1.165, 1.54) is 11.3 Å². The first kappa shape index (κ1) is 13.8. The fourth-order valence-corrected chi connectivity index (χ4v) is 2.76. The molecule has 1 aliphatic rings. The number of β-amino-alcohol motifs (C(OH)–C–C–N with tert-alkyl or cyclic N) is 1. The van der Waals surface area contributed by atoms with Gasteiger partial charge in [0.2, 0.25) is 0 Å².